The Bertz CT molecular complexity index is 558. The average molecular weight is 321 g/mol. The van der Waals surface area contributed by atoms with Crippen molar-refractivity contribution < 1.29 is 4.74 Å². The molecule has 0 saturated carbocycles. The molecule has 19 heavy (non-hydrogen) atoms. The molecule has 2 aromatic carbocycles. The van der Waals surface area contributed by atoms with Crippen molar-refractivity contribution in [1.82, 2.24) is 0 Å². The molecule has 0 aliphatic rings. The van der Waals surface area contributed by atoms with Crippen molar-refractivity contribution in [3.05, 3.63) is 52.5 Å². The Morgan fingerprint density at radius 3 is 2.68 bits per heavy atom. The highest BCUT2D eigenvalue weighted by Gasteiger charge is 2.04. The lowest BCUT2D eigenvalue weighted by Crippen LogP contribution is -2.01. The van der Waals surface area contributed by atoms with Crippen LogP contribution < -0.4 is 11.1 Å². The number of para-hydroxylation sites is 1. The lowest BCUT2D eigenvalue weighted by Gasteiger charge is -2.13. The summed E-state index contributed by atoms with van der Waals surface area (Å²) in [6, 6.07) is 14.0. The van der Waals surface area contributed by atoms with Gasteiger partial charge in [0.15, 0.2) is 0 Å². The summed E-state index contributed by atoms with van der Waals surface area (Å²) in [6.07, 6.45) is 0.871. The normalized spacial score (nSPS) is 10.4. The molecule has 3 N–H and O–H groups in total. The standard InChI is InChI=1S/C15H17BrN2O/c1-19-9-8-11-4-2-3-5-14(11)18-15-7-6-12(16)10-13(15)17/h2-7,10,18H,8-9,17H2,1H3. The minimum absolute atomic E-state index is 0.703. The van der Waals surface area contributed by atoms with Crippen LogP contribution in [0, 0.1) is 0 Å². The molecule has 2 rings (SSSR count). The van der Waals surface area contributed by atoms with E-state index in [2.05, 4.69) is 27.3 Å². The zero-order valence-corrected chi connectivity index (χ0v) is 12.4. The molecule has 0 spiro atoms. The second-order valence-electron chi connectivity index (χ2n) is 4.26. The zero-order chi connectivity index (χ0) is 13.7. The molecular weight excluding hydrogens is 304 g/mol. The molecule has 2 aromatic rings. The number of nitrogens with two attached hydrogens (primary N) is 1. The van der Waals surface area contributed by atoms with Crippen molar-refractivity contribution in [3.8, 4) is 0 Å². The first-order valence-corrected chi connectivity index (χ1v) is 6.89. The maximum Gasteiger partial charge on any atom is 0.0618 e. The molecule has 0 fully saturated rings. The van der Waals surface area contributed by atoms with Gasteiger partial charge >= 0.3 is 0 Å². The van der Waals surface area contributed by atoms with E-state index in [-0.39, 0.29) is 0 Å². The van der Waals surface area contributed by atoms with Crippen LogP contribution in [0.25, 0.3) is 0 Å². The smallest absolute Gasteiger partial charge is 0.0618 e. The first kappa shape index (κ1) is 13.9. The maximum absolute atomic E-state index is 6.00. The molecule has 0 aromatic heterocycles. The Morgan fingerprint density at radius 2 is 1.95 bits per heavy atom. The minimum atomic E-state index is 0.703. The number of methoxy groups -OCH3 is 1. The number of rotatable bonds is 5. The number of halogens is 1. The maximum atomic E-state index is 6.00. The molecule has 0 amide bonds. The van der Waals surface area contributed by atoms with Gasteiger partial charge in [-0.3, -0.25) is 0 Å². The summed E-state index contributed by atoms with van der Waals surface area (Å²) in [5.74, 6) is 0. The van der Waals surface area contributed by atoms with Crippen LogP contribution in [0.1, 0.15) is 5.56 Å². The first-order chi connectivity index (χ1) is 9.20. The number of nitrogens with one attached hydrogen (secondary N) is 1. The van der Waals surface area contributed by atoms with Crippen LogP contribution >= 0.6 is 15.9 Å². The molecule has 0 atom stereocenters. The summed E-state index contributed by atoms with van der Waals surface area (Å²) < 4.78 is 6.11. The second kappa shape index (κ2) is 6.59. The Balaban J connectivity index is 2.22. The van der Waals surface area contributed by atoms with E-state index in [4.69, 9.17) is 10.5 Å². The summed E-state index contributed by atoms with van der Waals surface area (Å²) in [6.45, 7) is 0.703. The summed E-state index contributed by atoms with van der Waals surface area (Å²) >= 11 is 3.41. The van der Waals surface area contributed by atoms with E-state index >= 15 is 0 Å². The fraction of sp³-hybridized carbons (Fsp3) is 0.200. The van der Waals surface area contributed by atoms with E-state index in [0.29, 0.717) is 6.61 Å². The molecule has 100 valence electrons. The van der Waals surface area contributed by atoms with Crippen LogP contribution in [0.4, 0.5) is 17.1 Å². The molecule has 0 heterocycles. The van der Waals surface area contributed by atoms with Gasteiger partial charge in [-0.15, -0.1) is 0 Å². The first-order valence-electron chi connectivity index (χ1n) is 6.09. The largest absolute Gasteiger partial charge is 0.397 e. The van der Waals surface area contributed by atoms with Gasteiger partial charge in [-0.25, -0.2) is 0 Å². The van der Waals surface area contributed by atoms with Crippen LogP contribution in [-0.4, -0.2) is 13.7 Å². The topological polar surface area (TPSA) is 47.3 Å². The van der Waals surface area contributed by atoms with Gasteiger partial charge in [0.2, 0.25) is 0 Å². The van der Waals surface area contributed by atoms with Gasteiger partial charge in [0, 0.05) is 17.3 Å². The molecule has 4 heteroatoms. The molecular formula is C15H17BrN2O. The number of hydrogen-bond acceptors (Lipinski definition) is 3. The molecule has 0 aliphatic carbocycles. The highest BCUT2D eigenvalue weighted by atomic mass is 79.9. The number of nitrogen functional groups attached to an aromatic ring is 1. The SMILES string of the molecule is COCCc1ccccc1Nc1ccc(Br)cc1N. The molecule has 0 aliphatic heterocycles. The third kappa shape index (κ3) is 3.72. The Morgan fingerprint density at radius 1 is 1.16 bits per heavy atom. The van der Waals surface area contributed by atoms with E-state index < -0.39 is 0 Å². The fourth-order valence-electron chi connectivity index (χ4n) is 1.86. The minimum Gasteiger partial charge on any atom is -0.397 e. The van der Waals surface area contributed by atoms with Crippen molar-refractivity contribution in [2.24, 2.45) is 0 Å². The van der Waals surface area contributed by atoms with E-state index in [1.54, 1.807) is 7.11 Å². The highest BCUT2D eigenvalue weighted by molar-refractivity contribution is 9.10. The van der Waals surface area contributed by atoms with Crippen molar-refractivity contribution in [2.45, 2.75) is 6.42 Å². The quantitative estimate of drug-likeness (QED) is 0.820. The lowest BCUT2D eigenvalue weighted by molar-refractivity contribution is 0.202. The van der Waals surface area contributed by atoms with Gasteiger partial charge in [-0.2, -0.15) is 0 Å². The molecule has 0 unspecified atom stereocenters. The third-order valence-corrected chi connectivity index (χ3v) is 3.37. The summed E-state index contributed by atoms with van der Waals surface area (Å²) in [5, 5.41) is 3.38. The number of ether oxygens (including phenoxy) is 1. The van der Waals surface area contributed by atoms with Crippen molar-refractivity contribution in [3.63, 3.8) is 0 Å². The average Bonchev–Trinajstić information content (AvgIpc) is 2.41. The summed E-state index contributed by atoms with van der Waals surface area (Å²) in [4.78, 5) is 0. The molecule has 0 bridgehead atoms. The second-order valence-corrected chi connectivity index (χ2v) is 5.17. The third-order valence-electron chi connectivity index (χ3n) is 2.88. The molecule has 0 radical (unpaired) electrons. The Hall–Kier alpha value is -1.52. The lowest BCUT2D eigenvalue weighted by atomic mass is 10.1. The van der Waals surface area contributed by atoms with E-state index in [0.717, 1.165) is 28.0 Å². The van der Waals surface area contributed by atoms with E-state index in [9.17, 15) is 0 Å². The van der Waals surface area contributed by atoms with Gasteiger partial charge in [0.1, 0.15) is 0 Å². The van der Waals surface area contributed by atoms with Crippen molar-refractivity contribution in [1.29, 1.82) is 0 Å². The monoisotopic (exact) mass is 320 g/mol. The zero-order valence-electron chi connectivity index (χ0n) is 10.8. The van der Waals surface area contributed by atoms with Crippen LogP contribution in [0.15, 0.2) is 46.9 Å². The predicted octanol–water partition coefficient (Wildman–Crippen LogP) is 3.96. The number of hydrogen-bond donors (Lipinski definition) is 2. The van der Waals surface area contributed by atoms with Crippen LogP contribution in [0.3, 0.4) is 0 Å². The number of benzene rings is 2. The molecule has 3 nitrogen and oxygen atoms in total. The Kier molecular flexibility index (Phi) is 4.82. The highest BCUT2D eigenvalue weighted by Crippen LogP contribution is 2.28. The fourth-order valence-corrected chi connectivity index (χ4v) is 2.24. The van der Waals surface area contributed by atoms with Gasteiger partial charge in [0.05, 0.1) is 18.0 Å². The van der Waals surface area contributed by atoms with Gasteiger partial charge < -0.3 is 15.8 Å². The van der Waals surface area contributed by atoms with Crippen LogP contribution in [0.2, 0.25) is 0 Å². The van der Waals surface area contributed by atoms with Crippen LogP contribution in [0.5, 0.6) is 0 Å². The predicted molar refractivity (Wildman–Crippen MR) is 83.9 cm³/mol. The molecule has 0 saturated heterocycles. The number of anilines is 3. The summed E-state index contributed by atoms with van der Waals surface area (Å²) in [7, 11) is 1.71. The van der Waals surface area contributed by atoms with E-state index in [1.165, 1.54) is 5.56 Å². The van der Waals surface area contributed by atoms with Gasteiger partial charge in [0.25, 0.3) is 0 Å². The summed E-state index contributed by atoms with van der Waals surface area (Å²) in [5.41, 5.74) is 9.91. The van der Waals surface area contributed by atoms with Crippen molar-refractivity contribution >= 4 is 33.0 Å². The van der Waals surface area contributed by atoms with Gasteiger partial charge in [-0.05, 0) is 36.2 Å². The van der Waals surface area contributed by atoms with Crippen molar-refractivity contribution in [2.75, 3.05) is 24.8 Å². The van der Waals surface area contributed by atoms with Crippen LogP contribution in [-0.2, 0) is 11.2 Å². The Labute approximate surface area is 121 Å². The van der Waals surface area contributed by atoms with E-state index in [1.807, 2.05) is 36.4 Å². The van der Waals surface area contributed by atoms with Gasteiger partial charge in [-0.1, -0.05) is 34.1 Å².